The maximum Gasteiger partial charge on any atom is 0.261 e. The molecule has 0 amide bonds. The first-order valence-corrected chi connectivity index (χ1v) is 11.9. The van der Waals surface area contributed by atoms with Crippen molar-refractivity contribution in [1.82, 2.24) is 0 Å². The number of hydrogen-bond acceptors (Lipinski definition) is 3. The lowest BCUT2D eigenvalue weighted by Gasteiger charge is -2.46. The average Bonchev–Trinajstić information content (AvgIpc) is 2.70. The molecular weight excluding hydrogens is 364 g/mol. The van der Waals surface area contributed by atoms with E-state index in [4.69, 9.17) is 4.43 Å². The highest BCUT2D eigenvalue weighted by atomic mass is 28.4. The van der Waals surface area contributed by atoms with Gasteiger partial charge in [0.1, 0.15) is 0 Å². The molecule has 2 rings (SSSR count). The molecular formula is C24H34O3Si. The predicted octanol–water partition coefficient (Wildman–Crippen LogP) is 3.64. The third-order valence-electron chi connectivity index (χ3n) is 5.34. The minimum atomic E-state index is -2.78. The predicted molar refractivity (Wildman–Crippen MR) is 120 cm³/mol. The van der Waals surface area contributed by atoms with Crippen LogP contribution < -0.4 is 10.4 Å². The first kappa shape index (κ1) is 22.6. The van der Waals surface area contributed by atoms with E-state index in [0.29, 0.717) is 12.8 Å². The normalized spacial score (nSPS) is 15.6. The van der Waals surface area contributed by atoms with Gasteiger partial charge < -0.3 is 14.6 Å². The van der Waals surface area contributed by atoms with Crippen LogP contribution in [0.5, 0.6) is 0 Å². The van der Waals surface area contributed by atoms with E-state index in [0.717, 1.165) is 10.4 Å². The molecule has 152 valence electrons. The second kappa shape index (κ2) is 9.66. The van der Waals surface area contributed by atoms with E-state index in [1.54, 1.807) is 0 Å². The Labute approximate surface area is 170 Å². The molecule has 0 bridgehead atoms. The highest BCUT2D eigenvalue weighted by Crippen LogP contribution is 2.38. The zero-order valence-corrected chi connectivity index (χ0v) is 18.5. The first-order valence-electron chi connectivity index (χ1n) is 10.0. The number of aliphatic hydroxyl groups is 2. The summed E-state index contributed by atoms with van der Waals surface area (Å²) in [7, 11) is -2.78. The molecule has 0 heterocycles. The van der Waals surface area contributed by atoms with Crippen LogP contribution in [0.1, 0.15) is 40.5 Å². The maximum atomic E-state index is 10.7. The average molecular weight is 399 g/mol. The zero-order valence-electron chi connectivity index (χ0n) is 17.5. The van der Waals surface area contributed by atoms with Crippen LogP contribution >= 0.6 is 0 Å². The standard InChI is InChI=1S/C24H34O3Si/c1-6-19(25)18-23(22(26)7-2)27-28(24(3,4)5,20-14-10-8-11-15-20)21-16-12-9-13-17-21/h6,8-17,19,22-23,25-26H,1,7,18H2,2-5H3/t19?,22-,23-/m1/s1. The minimum absolute atomic E-state index is 0.180. The molecule has 2 aromatic carbocycles. The van der Waals surface area contributed by atoms with Gasteiger partial charge >= 0.3 is 0 Å². The van der Waals surface area contributed by atoms with Crippen molar-refractivity contribution in [2.45, 2.75) is 63.9 Å². The fourth-order valence-electron chi connectivity index (χ4n) is 3.80. The van der Waals surface area contributed by atoms with E-state index in [1.807, 2.05) is 43.3 Å². The fraction of sp³-hybridized carbons (Fsp3) is 0.417. The summed E-state index contributed by atoms with van der Waals surface area (Å²) in [4.78, 5) is 0. The van der Waals surface area contributed by atoms with E-state index in [9.17, 15) is 10.2 Å². The number of rotatable bonds is 9. The summed E-state index contributed by atoms with van der Waals surface area (Å²) in [6.07, 6.45) is 0.532. The molecule has 1 unspecified atom stereocenters. The Kier molecular flexibility index (Phi) is 7.78. The molecule has 0 aliphatic heterocycles. The lowest BCUT2D eigenvalue weighted by molar-refractivity contribution is 0.00419. The molecule has 3 atom stereocenters. The quantitative estimate of drug-likeness (QED) is 0.501. The number of hydrogen-bond donors (Lipinski definition) is 2. The van der Waals surface area contributed by atoms with Gasteiger partial charge in [0.15, 0.2) is 0 Å². The van der Waals surface area contributed by atoms with Crippen molar-refractivity contribution in [3.05, 3.63) is 73.3 Å². The van der Waals surface area contributed by atoms with Gasteiger partial charge in [0.25, 0.3) is 8.32 Å². The van der Waals surface area contributed by atoms with E-state index < -0.39 is 26.6 Å². The van der Waals surface area contributed by atoms with Crippen molar-refractivity contribution in [3.63, 3.8) is 0 Å². The highest BCUT2D eigenvalue weighted by Gasteiger charge is 2.52. The van der Waals surface area contributed by atoms with Crippen molar-refractivity contribution >= 4 is 18.7 Å². The summed E-state index contributed by atoms with van der Waals surface area (Å²) in [5.41, 5.74) is 0. The third kappa shape index (κ3) is 4.81. The summed E-state index contributed by atoms with van der Waals surface area (Å²) in [6.45, 7) is 12.2. The molecule has 3 nitrogen and oxygen atoms in total. The van der Waals surface area contributed by atoms with Crippen molar-refractivity contribution in [1.29, 1.82) is 0 Å². The molecule has 0 spiro atoms. The lowest BCUT2D eigenvalue weighted by Crippen LogP contribution is -2.68. The van der Waals surface area contributed by atoms with E-state index in [1.165, 1.54) is 6.08 Å². The summed E-state index contributed by atoms with van der Waals surface area (Å²) in [5, 5.41) is 23.1. The molecule has 0 aliphatic rings. The van der Waals surface area contributed by atoms with Gasteiger partial charge in [-0.3, -0.25) is 0 Å². The van der Waals surface area contributed by atoms with Crippen LogP contribution in [0.3, 0.4) is 0 Å². The van der Waals surface area contributed by atoms with E-state index in [-0.39, 0.29) is 5.04 Å². The van der Waals surface area contributed by atoms with Gasteiger partial charge in [-0.1, -0.05) is 94.4 Å². The Morgan fingerprint density at radius 3 is 1.79 bits per heavy atom. The van der Waals surface area contributed by atoms with Gasteiger partial charge in [-0.2, -0.15) is 0 Å². The molecule has 0 saturated heterocycles. The second-order valence-electron chi connectivity index (χ2n) is 8.33. The molecule has 2 N–H and O–H groups in total. The van der Waals surface area contributed by atoms with Gasteiger partial charge in [-0.15, -0.1) is 6.58 Å². The molecule has 28 heavy (non-hydrogen) atoms. The van der Waals surface area contributed by atoms with Crippen molar-refractivity contribution < 1.29 is 14.6 Å². The van der Waals surface area contributed by atoms with Crippen LogP contribution in [0, 0.1) is 0 Å². The van der Waals surface area contributed by atoms with Crippen LogP contribution in [0.4, 0.5) is 0 Å². The Hall–Kier alpha value is -1.72. The van der Waals surface area contributed by atoms with Crippen LogP contribution in [0.25, 0.3) is 0 Å². The van der Waals surface area contributed by atoms with Crippen LogP contribution in [0.2, 0.25) is 5.04 Å². The summed E-state index contributed by atoms with van der Waals surface area (Å²) in [6, 6.07) is 20.7. The molecule has 4 heteroatoms. The highest BCUT2D eigenvalue weighted by molar-refractivity contribution is 6.99. The van der Waals surface area contributed by atoms with Gasteiger partial charge in [-0.05, 0) is 21.8 Å². The van der Waals surface area contributed by atoms with Crippen molar-refractivity contribution in [2.75, 3.05) is 0 Å². The molecule has 0 aliphatic carbocycles. The SMILES string of the molecule is C=CC(O)C[C@@H](O[Si](c1ccccc1)(c1ccccc1)C(C)(C)C)[C@H](O)CC. The second-order valence-corrected chi connectivity index (χ2v) is 12.6. The Balaban J connectivity index is 2.67. The third-order valence-corrected chi connectivity index (χ3v) is 10.4. The summed E-state index contributed by atoms with van der Waals surface area (Å²) in [5.74, 6) is 0. The van der Waals surface area contributed by atoms with Crippen molar-refractivity contribution in [2.24, 2.45) is 0 Å². The topological polar surface area (TPSA) is 49.7 Å². The first-order chi connectivity index (χ1) is 13.3. The zero-order chi connectivity index (χ0) is 20.8. The number of benzene rings is 2. The molecule has 0 aromatic heterocycles. The summed E-state index contributed by atoms with van der Waals surface area (Å²) >= 11 is 0. The smallest absolute Gasteiger partial charge is 0.261 e. The number of aliphatic hydroxyl groups excluding tert-OH is 2. The van der Waals surface area contributed by atoms with E-state index in [2.05, 4.69) is 51.6 Å². The Bertz CT molecular complexity index is 685. The lowest BCUT2D eigenvalue weighted by atomic mass is 10.1. The minimum Gasteiger partial charge on any atom is -0.402 e. The monoisotopic (exact) mass is 398 g/mol. The van der Waals surface area contributed by atoms with E-state index >= 15 is 0 Å². The fourth-order valence-corrected chi connectivity index (χ4v) is 8.52. The van der Waals surface area contributed by atoms with Crippen LogP contribution in [0.15, 0.2) is 73.3 Å². The van der Waals surface area contributed by atoms with Gasteiger partial charge in [0.05, 0.1) is 18.3 Å². The van der Waals surface area contributed by atoms with Gasteiger partial charge in [0, 0.05) is 6.42 Å². The Morgan fingerprint density at radius 2 is 1.43 bits per heavy atom. The van der Waals surface area contributed by atoms with Crippen LogP contribution in [-0.4, -0.2) is 36.8 Å². The molecule has 0 fully saturated rings. The maximum absolute atomic E-state index is 10.7. The van der Waals surface area contributed by atoms with Gasteiger partial charge in [0.2, 0.25) is 0 Å². The summed E-state index contributed by atoms with van der Waals surface area (Å²) < 4.78 is 6.98. The molecule has 0 saturated carbocycles. The molecule has 2 aromatic rings. The largest absolute Gasteiger partial charge is 0.402 e. The Morgan fingerprint density at radius 1 is 0.964 bits per heavy atom. The van der Waals surface area contributed by atoms with Crippen LogP contribution in [-0.2, 0) is 4.43 Å². The van der Waals surface area contributed by atoms with Gasteiger partial charge in [-0.25, -0.2) is 0 Å². The van der Waals surface area contributed by atoms with Crippen molar-refractivity contribution in [3.8, 4) is 0 Å². The molecule has 0 radical (unpaired) electrons.